The molecule has 2 aliphatic rings. The van der Waals surface area contributed by atoms with Crippen LogP contribution in [0.1, 0.15) is 30.4 Å². The van der Waals surface area contributed by atoms with Gasteiger partial charge in [-0.25, -0.2) is 8.42 Å². The molecule has 0 bridgehead atoms. The molecule has 2 heterocycles. The van der Waals surface area contributed by atoms with Crippen LogP contribution in [0.15, 0.2) is 29.3 Å². The number of likely N-dealkylation sites (tertiary alicyclic amines) is 1. The number of nitrogens with one attached hydrogen (secondary N) is 2. The van der Waals surface area contributed by atoms with Crippen molar-refractivity contribution in [3.63, 3.8) is 0 Å². The van der Waals surface area contributed by atoms with Gasteiger partial charge >= 0.3 is 0 Å². The molecule has 3 rings (SSSR count). The maximum absolute atomic E-state index is 11.6. The number of hydrogen-bond donors (Lipinski definition) is 3. The van der Waals surface area contributed by atoms with Crippen LogP contribution in [0.5, 0.6) is 0 Å². The predicted octanol–water partition coefficient (Wildman–Crippen LogP) is 0.854. The number of carbonyl (C=O) groups excluding carboxylic acids is 1. The van der Waals surface area contributed by atoms with Crippen LogP contribution in [0.4, 0.5) is 0 Å². The number of aliphatic imine (C=N–C) groups is 1. The first-order valence-corrected chi connectivity index (χ1v) is 11.9. The van der Waals surface area contributed by atoms with Crippen molar-refractivity contribution in [1.82, 2.24) is 15.5 Å². The zero-order chi connectivity index (χ0) is 20.9. The molecule has 0 saturated carbocycles. The third-order valence-electron chi connectivity index (χ3n) is 5.56. The number of halogens is 1. The third kappa shape index (κ3) is 7.38. The molecule has 1 amide bonds. The molecule has 2 unspecified atom stereocenters. The van der Waals surface area contributed by atoms with Crippen LogP contribution in [0, 0.1) is 5.92 Å². The quantitative estimate of drug-likeness (QED) is 0.275. The molecule has 2 aliphatic heterocycles. The minimum absolute atomic E-state index is 0. The van der Waals surface area contributed by atoms with Gasteiger partial charge in [-0.05, 0) is 36.9 Å². The highest BCUT2D eigenvalue weighted by Crippen LogP contribution is 2.19. The summed E-state index contributed by atoms with van der Waals surface area (Å²) in [4.78, 5) is 18.0. The Morgan fingerprint density at radius 2 is 2.07 bits per heavy atom. The number of amides is 1. The fraction of sp³-hybridized carbons (Fsp3) is 0.600. The summed E-state index contributed by atoms with van der Waals surface area (Å²) in [6.07, 6.45) is 2.48. The Labute approximate surface area is 196 Å². The highest BCUT2D eigenvalue weighted by molar-refractivity contribution is 14.0. The summed E-state index contributed by atoms with van der Waals surface area (Å²) in [6.45, 7) is 3.09. The average molecular weight is 549 g/mol. The van der Waals surface area contributed by atoms with E-state index in [-0.39, 0.29) is 53.3 Å². The summed E-state index contributed by atoms with van der Waals surface area (Å²) in [5, 5.41) is 6.46. The molecule has 10 heteroatoms. The van der Waals surface area contributed by atoms with Gasteiger partial charge < -0.3 is 16.4 Å². The van der Waals surface area contributed by atoms with Gasteiger partial charge in [0.1, 0.15) is 0 Å². The normalized spacial score (nSPS) is 24.1. The lowest BCUT2D eigenvalue weighted by molar-refractivity contribution is -0.123. The molecule has 30 heavy (non-hydrogen) atoms. The second kappa shape index (κ2) is 11.3. The van der Waals surface area contributed by atoms with Crippen molar-refractivity contribution in [2.24, 2.45) is 16.6 Å². The highest BCUT2D eigenvalue weighted by Gasteiger charge is 2.28. The van der Waals surface area contributed by atoms with E-state index in [4.69, 9.17) is 5.73 Å². The summed E-state index contributed by atoms with van der Waals surface area (Å²) >= 11 is 0. The van der Waals surface area contributed by atoms with Gasteiger partial charge in [-0.1, -0.05) is 24.3 Å². The first-order chi connectivity index (χ1) is 13.8. The van der Waals surface area contributed by atoms with Gasteiger partial charge in [0.25, 0.3) is 0 Å². The van der Waals surface area contributed by atoms with Crippen LogP contribution < -0.4 is 16.4 Å². The molecule has 2 saturated heterocycles. The van der Waals surface area contributed by atoms with E-state index >= 15 is 0 Å². The summed E-state index contributed by atoms with van der Waals surface area (Å²) in [7, 11) is -1.24. The maximum Gasteiger partial charge on any atom is 0.221 e. The number of guanidine groups is 1. The minimum atomic E-state index is -2.92. The fourth-order valence-electron chi connectivity index (χ4n) is 4.01. The lowest BCUT2D eigenvalue weighted by Gasteiger charge is -2.31. The van der Waals surface area contributed by atoms with E-state index in [1.807, 2.05) is 12.1 Å². The van der Waals surface area contributed by atoms with E-state index in [2.05, 4.69) is 32.7 Å². The van der Waals surface area contributed by atoms with Crippen LogP contribution in [0.25, 0.3) is 0 Å². The van der Waals surface area contributed by atoms with Crippen LogP contribution in [0.3, 0.4) is 0 Å². The van der Waals surface area contributed by atoms with E-state index in [0.717, 1.165) is 38.0 Å². The van der Waals surface area contributed by atoms with Crippen molar-refractivity contribution in [1.29, 1.82) is 0 Å². The topological polar surface area (TPSA) is 117 Å². The monoisotopic (exact) mass is 549 g/mol. The van der Waals surface area contributed by atoms with Gasteiger partial charge in [-0.3, -0.25) is 14.7 Å². The van der Waals surface area contributed by atoms with Crippen molar-refractivity contribution in [3.8, 4) is 0 Å². The van der Waals surface area contributed by atoms with Crippen LogP contribution in [-0.2, 0) is 27.7 Å². The van der Waals surface area contributed by atoms with Gasteiger partial charge in [-0.15, -0.1) is 24.0 Å². The minimum Gasteiger partial charge on any atom is -0.369 e. The predicted molar refractivity (Wildman–Crippen MR) is 129 cm³/mol. The number of hydrogen-bond acceptors (Lipinski definition) is 5. The number of sulfone groups is 1. The Morgan fingerprint density at radius 1 is 1.30 bits per heavy atom. The standard InChI is InChI=1S/C20H31N5O3S.HI/c1-22-20(24-18-7-9-29(27,28)14-18)23-11-15-4-2-5-16(10-15)12-25-8-3-6-17(13-25)19(21)26;/h2,4-5,10,17-18H,3,6-9,11-14H2,1H3,(H2,21,26)(H2,22,23,24);1H. The Kier molecular flexibility index (Phi) is 9.35. The van der Waals surface area contributed by atoms with Crippen LogP contribution in [0.2, 0.25) is 0 Å². The number of nitrogens with zero attached hydrogens (tertiary/aromatic N) is 2. The highest BCUT2D eigenvalue weighted by atomic mass is 127. The van der Waals surface area contributed by atoms with Gasteiger partial charge in [0.05, 0.1) is 17.4 Å². The summed E-state index contributed by atoms with van der Waals surface area (Å²) in [5.74, 6) is 0.740. The molecule has 1 aromatic carbocycles. The molecule has 8 nitrogen and oxygen atoms in total. The van der Waals surface area contributed by atoms with Crippen molar-refractivity contribution in [2.45, 2.75) is 38.4 Å². The van der Waals surface area contributed by atoms with Crippen molar-refractivity contribution in [3.05, 3.63) is 35.4 Å². The molecule has 2 fully saturated rings. The molecule has 0 aliphatic carbocycles. The Bertz CT molecular complexity index is 862. The van der Waals surface area contributed by atoms with Crippen LogP contribution >= 0.6 is 24.0 Å². The number of nitrogens with two attached hydrogens (primary N) is 1. The van der Waals surface area contributed by atoms with Crippen LogP contribution in [-0.4, -0.2) is 62.9 Å². The van der Waals surface area contributed by atoms with Gasteiger partial charge in [0.15, 0.2) is 15.8 Å². The molecule has 2 atom stereocenters. The third-order valence-corrected chi connectivity index (χ3v) is 7.33. The fourth-order valence-corrected chi connectivity index (χ4v) is 5.68. The van der Waals surface area contributed by atoms with Crippen molar-refractivity contribution in [2.75, 3.05) is 31.6 Å². The lowest BCUT2D eigenvalue weighted by Crippen LogP contribution is -2.43. The molecular weight excluding hydrogens is 517 g/mol. The largest absolute Gasteiger partial charge is 0.369 e. The van der Waals surface area contributed by atoms with Gasteiger partial charge in [0, 0.05) is 32.7 Å². The zero-order valence-corrected chi connectivity index (χ0v) is 20.5. The van der Waals surface area contributed by atoms with Gasteiger partial charge in [0.2, 0.25) is 5.91 Å². The Balaban J connectivity index is 0.00000320. The van der Waals surface area contributed by atoms with E-state index in [0.29, 0.717) is 18.9 Å². The second-order valence-corrected chi connectivity index (χ2v) is 10.2. The second-order valence-electron chi connectivity index (χ2n) is 7.97. The number of benzene rings is 1. The average Bonchev–Trinajstić information content (AvgIpc) is 3.04. The molecular formula is C20H32IN5O3S. The van der Waals surface area contributed by atoms with Crippen molar-refractivity contribution < 1.29 is 13.2 Å². The van der Waals surface area contributed by atoms with E-state index in [1.165, 1.54) is 5.56 Å². The number of piperidine rings is 1. The molecule has 0 aromatic heterocycles. The van der Waals surface area contributed by atoms with Crippen molar-refractivity contribution >= 4 is 45.7 Å². The zero-order valence-electron chi connectivity index (χ0n) is 17.3. The Morgan fingerprint density at radius 3 is 2.73 bits per heavy atom. The maximum atomic E-state index is 11.6. The summed E-state index contributed by atoms with van der Waals surface area (Å²) < 4.78 is 23.2. The van der Waals surface area contributed by atoms with E-state index in [9.17, 15) is 13.2 Å². The summed E-state index contributed by atoms with van der Waals surface area (Å²) in [5.41, 5.74) is 7.79. The first kappa shape index (κ1) is 24.9. The SMILES string of the molecule is CN=C(NCc1cccc(CN2CCCC(C(N)=O)C2)c1)NC1CCS(=O)(=O)C1.I. The smallest absolute Gasteiger partial charge is 0.221 e. The van der Waals surface area contributed by atoms with Gasteiger partial charge in [-0.2, -0.15) is 0 Å². The Hall–Kier alpha value is -1.40. The number of carbonyl (C=O) groups is 1. The molecule has 0 radical (unpaired) electrons. The first-order valence-electron chi connectivity index (χ1n) is 10.1. The summed E-state index contributed by atoms with van der Waals surface area (Å²) in [6, 6.07) is 8.23. The molecule has 0 spiro atoms. The molecule has 4 N–H and O–H groups in total. The molecule has 168 valence electrons. The van der Waals surface area contributed by atoms with E-state index in [1.54, 1.807) is 7.05 Å². The molecule has 1 aromatic rings. The number of primary amides is 1. The number of rotatable bonds is 6. The lowest BCUT2D eigenvalue weighted by atomic mass is 9.97. The van der Waals surface area contributed by atoms with E-state index < -0.39 is 9.84 Å².